The Morgan fingerprint density at radius 3 is 2.54 bits per heavy atom. The molecule has 6 nitrogen and oxygen atoms in total. The lowest BCUT2D eigenvalue weighted by atomic mass is 10.3. The van der Waals surface area contributed by atoms with Crippen LogP contribution in [0.1, 0.15) is 12.8 Å². The number of hydrogen-bond acceptors (Lipinski definition) is 4. The van der Waals surface area contributed by atoms with E-state index in [9.17, 15) is 13.2 Å². The summed E-state index contributed by atoms with van der Waals surface area (Å²) < 4.78 is 25.3. The van der Waals surface area contributed by atoms with Gasteiger partial charge in [-0.05, 0) is 12.8 Å². The van der Waals surface area contributed by atoms with Crippen LogP contribution in [0.15, 0.2) is 0 Å². The van der Waals surface area contributed by atoms with Crippen LogP contribution in [0.4, 0.5) is 4.79 Å². The molecule has 1 amide bonds. The molecule has 0 aliphatic heterocycles. The molecule has 0 saturated heterocycles. The van der Waals surface area contributed by atoms with E-state index in [-0.39, 0.29) is 6.61 Å². The molecule has 0 aromatic carbocycles. The Bertz CT molecular complexity index is 248. The fourth-order valence-electron chi connectivity index (χ4n) is 0.633. The molecule has 0 aliphatic carbocycles. The van der Waals surface area contributed by atoms with Gasteiger partial charge in [-0.1, -0.05) is 0 Å². The molecule has 0 aromatic rings. The summed E-state index contributed by atoms with van der Waals surface area (Å²) >= 11 is 0. The highest BCUT2D eigenvalue weighted by molar-refractivity contribution is 7.85. The van der Waals surface area contributed by atoms with Gasteiger partial charge in [0.25, 0.3) is 10.1 Å². The Morgan fingerprint density at radius 1 is 1.46 bits per heavy atom. The first-order valence-corrected chi connectivity index (χ1v) is 5.54. The number of carboxylic acid groups (broad SMARTS) is 1. The van der Waals surface area contributed by atoms with Gasteiger partial charge >= 0.3 is 6.09 Å². The van der Waals surface area contributed by atoms with Crippen LogP contribution < -0.4 is 5.32 Å². The van der Waals surface area contributed by atoms with Gasteiger partial charge in [0, 0.05) is 6.54 Å². The minimum Gasteiger partial charge on any atom is -0.465 e. The van der Waals surface area contributed by atoms with Gasteiger partial charge < -0.3 is 10.4 Å². The Labute approximate surface area is 77.0 Å². The second kappa shape index (κ2) is 5.76. The smallest absolute Gasteiger partial charge is 0.404 e. The Kier molecular flexibility index (Phi) is 5.40. The lowest BCUT2D eigenvalue weighted by Gasteiger charge is -2.01. The quantitative estimate of drug-likeness (QED) is 0.477. The molecule has 0 aromatic heterocycles. The maximum Gasteiger partial charge on any atom is 0.404 e. The second-order valence-electron chi connectivity index (χ2n) is 2.47. The van der Waals surface area contributed by atoms with E-state index in [0.29, 0.717) is 19.4 Å². The zero-order valence-corrected chi connectivity index (χ0v) is 8.13. The van der Waals surface area contributed by atoms with Crippen LogP contribution in [0.25, 0.3) is 0 Å². The molecule has 13 heavy (non-hydrogen) atoms. The number of carbonyl (C=O) groups is 1. The fourth-order valence-corrected chi connectivity index (χ4v) is 1.05. The Morgan fingerprint density at radius 2 is 2.08 bits per heavy atom. The summed E-state index contributed by atoms with van der Waals surface area (Å²) in [6.07, 6.45) is 0.960. The summed E-state index contributed by atoms with van der Waals surface area (Å²) in [7, 11) is -3.36. The van der Waals surface area contributed by atoms with Gasteiger partial charge in [-0.3, -0.25) is 4.18 Å². The number of unbranched alkanes of at least 4 members (excludes halogenated alkanes) is 1. The molecule has 0 aliphatic rings. The van der Waals surface area contributed by atoms with Crippen LogP contribution in [-0.2, 0) is 14.3 Å². The maximum absolute atomic E-state index is 10.4. The standard InChI is InChI=1S/C6H13NO5S/c1-13(10,11)12-5-3-2-4-7-6(8)9/h7H,2-5H2,1H3,(H,8,9). The minimum absolute atomic E-state index is 0.0974. The van der Waals surface area contributed by atoms with Gasteiger partial charge in [0.1, 0.15) is 0 Å². The molecule has 0 bridgehead atoms. The van der Waals surface area contributed by atoms with Gasteiger partial charge in [0.05, 0.1) is 12.9 Å². The van der Waals surface area contributed by atoms with Gasteiger partial charge in [0.2, 0.25) is 0 Å². The molecule has 0 radical (unpaired) electrons. The Balaban J connectivity index is 3.23. The molecule has 0 fully saturated rings. The third kappa shape index (κ3) is 11.2. The molecule has 0 saturated carbocycles. The summed E-state index contributed by atoms with van der Waals surface area (Å²) in [6, 6.07) is 0. The van der Waals surface area contributed by atoms with E-state index in [2.05, 4.69) is 9.50 Å². The number of rotatable bonds is 6. The molecule has 2 N–H and O–H groups in total. The first kappa shape index (κ1) is 12.2. The predicted octanol–water partition coefficient (Wildman–Crippen LogP) is 0.0104. The number of hydrogen-bond donors (Lipinski definition) is 2. The van der Waals surface area contributed by atoms with Crippen molar-refractivity contribution < 1.29 is 22.5 Å². The normalized spacial score (nSPS) is 11.2. The van der Waals surface area contributed by atoms with Crippen molar-refractivity contribution in [1.82, 2.24) is 5.32 Å². The molecule has 0 spiro atoms. The van der Waals surface area contributed by atoms with Crippen LogP contribution in [0.5, 0.6) is 0 Å². The van der Waals surface area contributed by atoms with Crippen LogP contribution in [0.2, 0.25) is 0 Å². The lowest BCUT2D eigenvalue weighted by Crippen LogP contribution is -2.22. The first-order valence-electron chi connectivity index (χ1n) is 3.73. The van der Waals surface area contributed by atoms with Crippen molar-refractivity contribution in [3.8, 4) is 0 Å². The van der Waals surface area contributed by atoms with E-state index in [1.54, 1.807) is 0 Å². The van der Waals surface area contributed by atoms with Crippen molar-refractivity contribution in [3.05, 3.63) is 0 Å². The average Bonchev–Trinajstić information content (AvgIpc) is 1.93. The Hall–Kier alpha value is -0.820. The molecule has 78 valence electrons. The van der Waals surface area contributed by atoms with E-state index < -0.39 is 16.2 Å². The van der Waals surface area contributed by atoms with Crippen LogP contribution in [0.3, 0.4) is 0 Å². The molecule has 0 atom stereocenters. The van der Waals surface area contributed by atoms with E-state index in [0.717, 1.165) is 6.26 Å². The minimum atomic E-state index is -3.36. The van der Waals surface area contributed by atoms with Crippen LogP contribution >= 0.6 is 0 Å². The molecule has 0 unspecified atom stereocenters. The molecule has 0 rings (SSSR count). The zero-order chi connectivity index (χ0) is 10.3. The van der Waals surface area contributed by atoms with Gasteiger partial charge in [-0.2, -0.15) is 8.42 Å². The molecule has 0 heterocycles. The fraction of sp³-hybridized carbons (Fsp3) is 0.833. The maximum atomic E-state index is 10.4. The molecular weight excluding hydrogens is 198 g/mol. The van der Waals surface area contributed by atoms with Gasteiger partial charge in [-0.25, -0.2) is 4.79 Å². The number of amides is 1. The van der Waals surface area contributed by atoms with Crippen molar-refractivity contribution >= 4 is 16.2 Å². The van der Waals surface area contributed by atoms with Crippen LogP contribution in [-0.4, -0.2) is 39.0 Å². The van der Waals surface area contributed by atoms with E-state index in [4.69, 9.17) is 5.11 Å². The summed E-state index contributed by atoms with van der Waals surface area (Å²) in [6.45, 7) is 0.405. The SMILES string of the molecule is CS(=O)(=O)OCCCCNC(=O)O. The highest BCUT2D eigenvalue weighted by Gasteiger charge is 2.00. The average molecular weight is 211 g/mol. The highest BCUT2D eigenvalue weighted by Crippen LogP contribution is 1.92. The van der Waals surface area contributed by atoms with Crippen molar-refractivity contribution in [2.75, 3.05) is 19.4 Å². The first-order chi connectivity index (χ1) is 5.92. The summed E-state index contributed by atoms with van der Waals surface area (Å²) in [5.41, 5.74) is 0. The monoisotopic (exact) mass is 211 g/mol. The predicted molar refractivity (Wildman–Crippen MR) is 46.1 cm³/mol. The van der Waals surface area contributed by atoms with Crippen molar-refractivity contribution in [1.29, 1.82) is 0 Å². The summed E-state index contributed by atoms with van der Waals surface area (Å²) in [4.78, 5) is 9.95. The van der Waals surface area contributed by atoms with Crippen molar-refractivity contribution in [3.63, 3.8) is 0 Å². The molecule has 7 heteroatoms. The zero-order valence-electron chi connectivity index (χ0n) is 7.32. The summed E-state index contributed by atoms with van der Waals surface area (Å²) in [5.74, 6) is 0. The van der Waals surface area contributed by atoms with Gasteiger partial charge in [-0.15, -0.1) is 0 Å². The van der Waals surface area contributed by atoms with Crippen molar-refractivity contribution in [2.24, 2.45) is 0 Å². The van der Waals surface area contributed by atoms with Crippen LogP contribution in [0, 0.1) is 0 Å². The largest absolute Gasteiger partial charge is 0.465 e. The van der Waals surface area contributed by atoms with E-state index >= 15 is 0 Å². The summed E-state index contributed by atoms with van der Waals surface area (Å²) in [5, 5.41) is 10.3. The van der Waals surface area contributed by atoms with E-state index in [1.807, 2.05) is 0 Å². The second-order valence-corrected chi connectivity index (χ2v) is 4.11. The van der Waals surface area contributed by atoms with Crippen molar-refractivity contribution in [2.45, 2.75) is 12.8 Å². The number of nitrogens with one attached hydrogen (secondary N) is 1. The highest BCUT2D eigenvalue weighted by atomic mass is 32.2. The topological polar surface area (TPSA) is 92.7 Å². The third-order valence-corrected chi connectivity index (χ3v) is 1.74. The lowest BCUT2D eigenvalue weighted by molar-refractivity contribution is 0.194. The third-order valence-electron chi connectivity index (χ3n) is 1.14. The van der Waals surface area contributed by atoms with E-state index in [1.165, 1.54) is 0 Å². The molecular formula is C6H13NO5S. The van der Waals surface area contributed by atoms with Gasteiger partial charge in [0.15, 0.2) is 0 Å².